The van der Waals surface area contributed by atoms with E-state index in [-0.39, 0.29) is 37.4 Å². The van der Waals surface area contributed by atoms with Crippen LogP contribution in [0.15, 0.2) is 60.7 Å². The molecule has 0 radical (unpaired) electrons. The third kappa shape index (κ3) is 5.93. The first-order chi connectivity index (χ1) is 17.9. The molecule has 1 amide bonds. The van der Waals surface area contributed by atoms with Gasteiger partial charge in [-0.25, -0.2) is 8.78 Å². The highest BCUT2D eigenvalue weighted by Crippen LogP contribution is 2.34. The van der Waals surface area contributed by atoms with Gasteiger partial charge in [-0.2, -0.15) is 0 Å². The molecule has 1 heterocycles. The monoisotopic (exact) mass is 504 g/mol. The number of hydrogen-bond donors (Lipinski definition) is 0. The summed E-state index contributed by atoms with van der Waals surface area (Å²) in [7, 11) is 0. The second-order valence-corrected chi connectivity index (χ2v) is 9.27. The van der Waals surface area contributed by atoms with Gasteiger partial charge in [-0.15, -0.1) is 0 Å². The number of carbonyl (C=O) groups is 3. The summed E-state index contributed by atoms with van der Waals surface area (Å²) in [6, 6.07) is 17.4. The summed E-state index contributed by atoms with van der Waals surface area (Å²) in [5, 5.41) is 0. The Morgan fingerprint density at radius 3 is 2.51 bits per heavy atom. The number of anilines is 2. The number of nitrogens with zero attached hydrogens (tertiary/aromatic N) is 2. The third-order valence-electron chi connectivity index (χ3n) is 6.87. The minimum absolute atomic E-state index is 0.0256. The largest absolute Gasteiger partial charge is 0.363 e. The number of benzene rings is 3. The van der Waals surface area contributed by atoms with Crippen molar-refractivity contribution < 1.29 is 23.2 Å². The van der Waals surface area contributed by atoms with Crippen LogP contribution in [-0.4, -0.2) is 37.7 Å². The molecule has 1 aliphatic rings. The van der Waals surface area contributed by atoms with Gasteiger partial charge in [0.15, 0.2) is 12.5 Å². The lowest BCUT2D eigenvalue weighted by molar-refractivity contribution is -0.119. The summed E-state index contributed by atoms with van der Waals surface area (Å²) in [6.45, 7) is 1.77. The van der Waals surface area contributed by atoms with Crippen LogP contribution < -0.4 is 9.80 Å². The molecule has 37 heavy (non-hydrogen) atoms. The summed E-state index contributed by atoms with van der Waals surface area (Å²) in [5.74, 6) is -1.28. The highest BCUT2D eigenvalue weighted by atomic mass is 19.1. The maximum Gasteiger partial charge on any atom is 0.258 e. The lowest BCUT2D eigenvalue weighted by Crippen LogP contribution is -2.36. The number of aryl methyl sites for hydroxylation is 2. The van der Waals surface area contributed by atoms with Crippen molar-refractivity contribution in [2.75, 3.05) is 29.6 Å². The highest BCUT2D eigenvalue weighted by Gasteiger charge is 2.25. The van der Waals surface area contributed by atoms with Crippen LogP contribution in [0.5, 0.6) is 0 Å². The van der Waals surface area contributed by atoms with Crippen LogP contribution in [0.4, 0.5) is 20.2 Å². The molecule has 5 nitrogen and oxygen atoms in total. The molecule has 0 atom stereocenters. The fourth-order valence-electron chi connectivity index (χ4n) is 4.92. The van der Waals surface area contributed by atoms with E-state index in [1.807, 2.05) is 37.3 Å². The van der Waals surface area contributed by atoms with Gasteiger partial charge in [0.25, 0.3) is 5.91 Å². The molecule has 3 aromatic rings. The van der Waals surface area contributed by atoms with Gasteiger partial charge in [0.1, 0.15) is 12.1 Å². The molecular weight excluding hydrogens is 474 g/mol. The minimum atomic E-state index is -1.21. The van der Waals surface area contributed by atoms with Crippen LogP contribution in [0.2, 0.25) is 0 Å². The minimum Gasteiger partial charge on any atom is -0.363 e. The van der Waals surface area contributed by atoms with E-state index in [4.69, 9.17) is 0 Å². The maximum absolute atomic E-state index is 14.7. The molecule has 192 valence electrons. The van der Waals surface area contributed by atoms with Crippen LogP contribution in [0.25, 0.3) is 0 Å². The number of fused-ring (bicyclic) bond motifs is 1. The lowest BCUT2D eigenvalue weighted by Gasteiger charge is -2.34. The number of ketones is 1. The molecule has 0 spiro atoms. The van der Waals surface area contributed by atoms with E-state index < -0.39 is 18.4 Å². The van der Waals surface area contributed by atoms with Gasteiger partial charge in [-0.05, 0) is 60.6 Å². The molecular formula is C30H30F2N2O3. The lowest BCUT2D eigenvalue weighted by atomic mass is 9.94. The number of amides is 1. The first-order valence-electron chi connectivity index (χ1n) is 12.5. The van der Waals surface area contributed by atoms with Gasteiger partial charge >= 0.3 is 0 Å². The summed E-state index contributed by atoms with van der Waals surface area (Å²) < 4.78 is 28.2. The molecule has 0 N–H and O–H groups in total. The van der Waals surface area contributed by atoms with Gasteiger partial charge in [0.2, 0.25) is 0 Å². The van der Waals surface area contributed by atoms with Crippen molar-refractivity contribution in [3.8, 4) is 0 Å². The van der Waals surface area contributed by atoms with Crippen LogP contribution in [0.3, 0.4) is 0 Å². The standard InChI is InChI=1S/C30H30F2N2O3/c1-21-25(19-34(29(37)18-31)26-14-13-22(10-6-16-35)27(32)17-26)12-11-24-9-5-15-33(30(21)24)20-28(36)23-7-3-2-4-8-23/h2-4,7-8,11-14,16-17H,5-6,9-10,15,18-20H2,1H3. The van der Waals surface area contributed by atoms with Crippen LogP contribution in [0, 0.1) is 12.7 Å². The molecule has 7 heteroatoms. The summed E-state index contributed by atoms with van der Waals surface area (Å²) >= 11 is 0. The van der Waals surface area contributed by atoms with Crippen LogP contribution in [0.1, 0.15) is 45.5 Å². The average Bonchev–Trinajstić information content (AvgIpc) is 2.92. The Bertz CT molecular complexity index is 1290. The van der Waals surface area contributed by atoms with E-state index in [0.29, 0.717) is 11.1 Å². The summed E-state index contributed by atoms with van der Waals surface area (Å²) in [6.07, 6.45) is 2.99. The zero-order valence-electron chi connectivity index (χ0n) is 20.9. The quantitative estimate of drug-likeness (QED) is 0.274. The van der Waals surface area contributed by atoms with E-state index in [2.05, 4.69) is 4.90 Å². The van der Waals surface area contributed by atoms with E-state index in [1.54, 1.807) is 18.2 Å². The fourth-order valence-corrected chi connectivity index (χ4v) is 4.92. The smallest absolute Gasteiger partial charge is 0.258 e. The summed E-state index contributed by atoms with van der Waals surface area (Å²) in [5.41, 5.74) is 5.08. The van der Waals surface area contributed by atoms with Crippen molar-refractivity contribution in [2.24, 2.45) is 0 Å². The number of alkyl halides is 1. The first-order valence-corrected chi connectivity index (χ1v) is 12.5. The van der Waals surface area contributed by atoms with Gasteiger partial charge in [0.05, 0.1) is 13.1 Å². The molecule has 3 aromatic carbocycles. The molecule has 0 fully saturated rings. The van der Waals surface area contributed by atoms with E-state index in [1.165, 1.54) is 17.0 Å². The number of carbonyl (C=O) groups excluding carboxylic acids is 3. The van der Waals surface area contributed by atoms with Crippen LogP contribution >= 0.6 is 0 Å². The number of Topliss-reactive ketones (excluding diaryl/α,β-unsaturated/α-hetero) is 1. The van der Waals surface area contributed by atoms with Gasteiger partial charge < -0.3 is 14.6 Å². The number of rotatable bonds is 10. The predicted molar refractivity (Wildman–Crippen MR) is 140 cm³/mol. The molecule has 4 rings (SSSR count). The SMILES string of the molecule is Cc1c(CN(C(=O)CF)c2ccc(CCC=O)c(F)c2)ccc2c1N(CC(=O)c1ccccc1)CCC2. The molecule has 0 unspecified atom stereocenters. The van der Waals surface area contributed by atoms with Gasteiger partial charge in [-0.3, -0.25) is 9.59 Å². The van der Waals surface area contributed by atoms with Crippen molar-refractivity contribution in [2.45, 2.75) is 39.2 Å². The molecule has 0 bridgehead atoms. The number of halogens is 2. The normalized spacial score (nSPS) is 12.7. The Hall–Kier alpha value is -3.87. The molecule has 0 saturated heterocycles. The number of aldehydes is 1. The zero-order chi connectivity index (χ0) is 26.4. The molecule has 0 aromatic heterocycles. The number of hydrogen-bond acceptors (Lipinski definition) is 4. The topological polar surface area (TPSA) is 57.7 Å². The average molecular weight is 505 g/mol. The summed E-state index contributed by atoms with van der Waals surface area (Å²) in [4.78, 5) is 39.5. The van der Waals surface area contributed by atoms with Crippen molar-refractivity contribution in [1.29, 1.82) is 0 Å². The van der Waals surface area contributed by atoms with Gasteiger partial charge in [0, 0.05) is 29.9 Å². The third-order valence-corrected chi connectivity index (χ3v) is 6.87. The maximum atomic E-state index is 14.7. The predicted octanol–water partition coefficient (Wildman–Crippen LogP) is 5.40. The Kier molecular flexibility index (Phi) is 8.43. The van der Waals surface area contributed by atoms with Crippen molar-refractivity contribution in [1.82, 2.24) is 0 Å². The Morgan fingerprint density at radius 1 is 1.05 bits per heavy atom. The highest BCUT2D eigenvalue weighted by molar-refractivity contribution is 5.99. The fraction of sp³-hybridized carbons (Fsp3) is 0.300. The van der Waals surface area contributed by atoms with Crippen molar-refractivity contribution >= 4 is 29.4 Å². The Labute approximate surface area is 215 Å². The van der Waals surface area contributed by atoms with E-state index in [0.717, 1.165) is 48.1 Å². The molecule has 0 aliphatic carbocycles. The second-order valence-electron chi connectivity index (χ2n) is 9.27. The zero-order valence-corrected chi connectivity index (χ0v) is 20.9. The Balaban J connectivity index is 1.63. The first kappa shape index (κ1) is 26.2. The molecule has 1 aliphatic heterocycles. The van der Waals surface area contributed by atoms with E-state index >= 15 is 0 Å². The van der Waals surface area contributed by atoms with Crippen molar-refractivity contribution in [3.05, 3.63) is 94.3 Å². The molecule has 0 saturated carbocycles. The second kappa shape index (κ2) is 11.9. The van der Waals surface area contributed by atoms with Crippen LogP contribution in [-0.2, 0) is 29.0 Å². The van der Waals surface area contributed by atoms with Crippen molar-refractivity contribution in [3.63, 3.8) is 0 Å². The van der Waals surface area contributed by atoms with E-state index in [9.17, 15) is 23.2 Å². The Morgan fingerprint density at radius 2 is 1.81 bits per heavy atom. The van der Waals surface area contributed by atoms with Gasteiger partial charge in [-0.1, -0.05) is 48.5 Å².